The van der Waals surface area contributed by atoms with E-state index in [1.54, 1.807) is 12.1 Å². The van der Waals surface area contributed by atoms with Crippen molar-refractivity contribution in [3.63, 3.8) is 0 Å². The fraction of sp³-hybridized carbons (Fsp3) is 0.636. The molecule has 0 saturated carbocycles. The van der Waals surface area contributed by atoms with Gasteiger partial charge in [0, 0.05) is 0 Å². The van der Waals surface area contributed by atoms with Crippen LogP contribution in [0.15, 0.2) is 59.5 Å². The molecule has 0 bridgehead atoms. The van der Waals surface area contributed by atoms with Gasteiger partial charge in [-0.2, -0.15) is 8.42 Å². The second-order valence-electron chi connectivity index (χ2n) is 9.76. The second-order valence-corrected chi connectivity index (χ2v) is 11.4. The first kappa shape index (κ1) is 41.0. The highest BCUT2D eigenvalue weighted by Crippen LogP contribution is 2.13. The molecule has 0 aliphatic heterocycles. The van der Waals surface area contributed by atoms with Gasteiger partial charge in [0.25, 0.3) is 10.1 Å². The summed E-state index contributed by atoms with van der Waals surface area (Å²) in [4.78, 5) is 0.128. The fourth-order valence-electron chi connectivity index (χ4n) is 3.57. The highest BCUT2D eigenvalue weighted by Gasteiger charge is 2.14. The van der Waals surface area contributed by atoms with E-state index in [0.29, 0.717) is 119 Å². The lowest BCUT2D eigenvalue weighted by Gasteiger charge is -2.09. The Morgan fingerprint density at radius 2 is 0.723 bits per heavy atom. The topological polar surface area (TPSA) is 136 Å². The second kappa shape index (κ2) is 28.8. The number of benzene rings is 2. The third kappa shape index (κ3) is 23.7. The lowest BCUT2D eigenvalue weighted by atomic mass is 10.2. The first-order valence-electron chi connectivity index (χ1n) is 15.9. The third-order valence-electron chi connectivity index (χ3n) is 5.99. The van der Waals surface area contributed by atoms with Gasteiger partial charge in [-0.05, 0) is 31.2 Å². The van der Waals surface area contributed by atoms with Gasteiger partial charge in [-0.1, -0.05) is 35.9 Å². The van der Waals surface area contributed by atoms with Crippen molar-refractivity contribution < 1.29 is 60.0 Å². The fourth-order valence-corrected chi connectivity index (χ4v) is 4.47. The van der Waals surface area contributed by atoms with Crippen LogP contribution in [0.4, 0.5) is 0 Å². The molecule has 0 unspecified atom stereocenters. The lowest BCUT2D eigenvalue weighted by molar-refractivity contribution is -0.0257. The Balaban J connectivity index is 1.18. The molecule has 14 heteroatoms. The molecule has 0 aliphatic rings. The van der Waals surface area contributed by atoms with E-state index < -0.39 is 10.1 Å². The Hall–Kier alpha value is -2.21. The molecule has 13 nitrogen and oxygen atoms in total. The van der Waals surface area contributed by atoms with E-state index in [4.69, 9.17) is 51.6 Å². The van der Waals surface area contributed by atoms with Gasteiger partial charge in [0.05, 0.1) is 130 Å². The molecule has 0 amide bonds. The smallest absolute Gasteiger partial charge is 0.297 e. The van der Waals surface area contributed by atoms with E-state index in [1.807, 2.05) is 37.3 Å². The lowest BCUT2D eigenvalue weighted by Crippen LogP contribution is -2.16. The zero-order chi connectivity index (χ0) is 33.5. The molecule has 2 aromatic carbocycles. The Bertz CT molecular complexity index is 1070. The molecule has 0 radical (unpaired) electrons. The van der Waals surface area contributed by atoms with Crippen LogP contribution in [-0.4, -0.2) is 141 Å². The summed E-state index contributed by atoms with van der Waals surface area (Å²) in [6, 6.07) is 16.1. The molecule has 0 saturated heterocycles. The first-order valence-corrected chi connectivity index (χ1v) is 17.3. The molecule has 2 rings (SSSR count). The minimum Gasteiger partial charge on any atom is -0.491 e. The largest absolute Gasteiger partial charge is 0.491 e. The summed E-state index contributed by atoms with van der Waals surface area (Å²) < 4.78 is 83.7. The predicted molar refractivity (Wildman–Crippen MR) is 174 cm³/mol. The normalized spacial score (nSPS) is 11.7. The summed E-state index contributed by atoms with van der Waals surface area (Å²) in [5.41, 5.74) is 0.975. The molecule has 0 N–H and O–H groups in total. The summed E-state index contributed by atoms with van der Waals surface area (Å²) in [7, 11) is -3.77. The van der Waals surface area contributed by atoms with Gasteiger partial charge in [-0.15, -0.1) is 0 Å². The van der Waals surface area contributed by atoms with E-state index in [0.717, 1.165) is 11.3 Å². The number of aryl methyl sites for hydroxylation is 1. The maximum absolute atomic E-state index is 12.1. The molecule has 0 spiro atoms. The van der Waals surface area contributed by atoms with Gasteiger partial charge in [0.2, 0.25) is 0 Å². The van der Waals surface area contributed by atoms with Gasteiger partial charge in [0.1, 0.15) is 12.4 Å². The van der Waals surface area contributed by atoms with Crippen molar-refractivity contribution in [1.82, 2.24) is 0 Å². The molecule has 0 heterocycles. The van der Waals surface area contributed by atoms with Gasteiger partial charge < -0.3 is 47.4 Å². The van der Waals surface area contributed by atoms with Crippen molar-refractivity contribution in [3.05, 3.63) is 60.2 Å². The Morgan fingerprint density at radius 3 is 1.09 bits per heavy atom. The highest BCUT2D eigenvalue weighted by molar-refractivity contribution is 7.86. The van der Waals surface area contributed by atoms with E-state index in [1.165, 1.54) is 12.1 Å². The predicted octanol–water partition coefficient (Wildman–Crippen LogP) is 2.93. The van der Waals surface area contributed by atoms with Crippen LogP contribution < -0.4 is 4.74 Å². The Labute approximate surface area is 279 Å². The number of hydrogen-bond donors (Lipinski definition) is 0. The number of rotatable bonds is 33. The molecule has 0 fully saturated rings. The van der Waals surface area contributed by atoms with Crippen LogP contribution in [0.2, 0.25) is 0 Å². The van der Waals surface area contributed by atoms with Crippen LogP contribution in [0.5, 0.6) is 5.75 Å². The quantitative estimate of drug-likeness (QED) is 0.0804. The van der Waals surface area contributed by atoms with E-state index in [2.05, 4.69) is 0 Å². The zero-order valence-corrected chi connectivity index (χ0v) is 28.4. The van der Waals surface area contributed by atoms with Crippen molar-refractivity contribution in [1.29, 1.82) is 0 Å². The van der Waals surface area contributed by atoms with Crippen molar-refractivity contribution in [2.45, 2.75) is 11.8 Å². The first-order chi connectivity index (χ1) is 23.1. The van der Waals surface area contributed by atoms with E-state index in [-0.39, 0.29) is 18.1 Å². The number of hydrogen-bond acceptors (Lipinski definition) is 13. The summed E-state index contributed by atoms with van der Waals surface area (Å²) in [5, 5.41) is 0. The summed E-state index contributed by atoms with van der Waals surface area (Å²) in [5.74, 6) is 0.837. The van der Waals surface area contributed by atoms with Gasteiger partial charge in [-0.25, -0.2) is 0 Å². The average molecular weight is 689 g/mol. The minimum absolute atomic E-state index is 0.0590. The Kier molecular flexibility index (Phi) is 25.1. The van der Waals surface area contributed by atoms with E-state index in [9.17, 15) is 8.42 Å². The maximum atomic E-state index is 12.1. The maximum Gasteiger partial charge on any atom is 0.297 e. The average Bonchev–Trinajstić information content (AvgIpc) is 3.08. The van der Waals surface area contributed by atoms with Crippen LogP contribution in [0.3, 0.4) is 0 Å². The monoisotopic (exact) mass is 688 g/mol. The van der Waals surface area contributed by atoms with Crippen LogP contribution >= 0.6 is 0 Å². The molecule has 0 aromatic heterocycles. The molecule has 2 aromatic rings. The molecule has 268 valence electrons. The summed E-state index contributed by atoms with van der Waals surface area (Å²) >= 11 is 0. The van der Waals surface area contributed by atoms with Crippen molar-refractivity contribution in [2.75, 3.05) is 132 Å². The number of para-hydroxylation sites is 1. The van der Waals surface area contributed by atoms with Crippen molar-refractivity contribution in [2.24, 2.45) is 0 Å². The van der Waals surface area contributed by atoms with Gasteiger partial charge in [-0.3, -0.25) is 4.18 Å². The SMILES string of the molecule is Cc1ccc(S(=O)(=O)OCCOCCOCCOCCOCCOCCOCCOCCOCCOCCOc2ccccc2)cc1. The van der Waals surface area contributed by atoms with Crippen molar-refractivity contribution >= 4 is 10.1 Å². The molecule has 0 atom stereocenters. The number of ether oxygens (including phenoxy) is 10. The van der Waals surface area contributed by atoms with Crippen LogP contribution in [0.1, 0.15) is 5.56 Å². The highest BCUT2D eigenvalue weighted by atomic mass is 32.2. The van der Waals surface area contributed by atoms with Crippen LogP contribution in [-0.2, 0) is 56.9 Å². The van der Waals surface area contributed by atoms with Crippen LogP contribution in [0.25, 0.3) is 0 Å². The van der Waals surface area contributed by atoms with Crippen molar-refractivity contribution in [3.8, 4) is 5.75 Å². The molecule has 47 heavy (non-hydrogen) atoms. The van der Waals surface area contributed by atoms with Gasteiger partial charge >= 0.3 is 0 Å². The molecular formula is C33H52O13S. The summed E-state index contributed by atoms with van der Waals surface area (Å²) in [6.45, 7) is 10.4. The molecule has 0 aliphatic carbocycles. The van der Waals surface area contributed by atoms with Gasteiger partial charge in [0.15, 0.2) is 0 Å². The summed E-state index contributed by atoms with van der Waals surface area (Å²) in [6.07, 6.45) is 0. The standard InChI is InChI=1S/C33H52O13S/c1-31-7-9-33(10-8-31)47(34,35)46-30-28-44-26-24-42-22-20-40-18-16-38-14-12-36-11-13-37-15-17-39-19-21-41-23-25-43-27-29-45-32-5-3-2-4-6-32/h2-10H,11-30H2,1H3. The Morgan fingerprint density at radius 1 is 0.404 bits per heavy atom. The third-order valence-corrected chi connectivity index (χ3v) is 7.32. The van der Waals surface area contributed by atoms with Crippen LogP contribution in [0, 0.1) is 6.92 Å². The van der Waals surface area contributed by atoms with E-state index >= 15 is 0 Å². The minimum atomic E-state index is -3.77. The molecular weight excluding hydrogens is 636 g/mol. The zero-order valence-electron chi connectivity index (χ0n) is 27.6.